The lowest BCUT2D eigenvalue weighted by molar-refractivity contribution is -0.139. The third-order valence-corrected chi connectivity index (χ3v) is 2.78. The van der Waals surface area contributed by atoms with E-state index in [-0.39, 0.29) is 0 Å². The number of thioether (sulfide) groups is 1. The van der Waals surface area contributed by atoms with Gasteiger partial charge in [0.05, 0.1) is 0 Å². The topological polar surface area (TPSA) is 127 Å². The number of carboxylic acid groups (broad SMARTS) is 2. The van der Waals surface area contributed by atoms with Crippen LogP contribution in [-0.4, -0.2) is 46.2 Å². The van der Waals surface area contributed by atoms with Gasteiger partial charge in [-0.15, -0.1) is 0 Å². The maximum Gasteiger partial charge on any atom is 0.320 e. The van der Waals surface area contributed by atoms with Crippen molar-refractivity contribution in [3.8, 4) is 0 Å². The molecule has 7 heteroatoms. The van der Waals surface area contributed by atoms with Gasteiger partial charge in [0, 0.05) is 0 Å². The molecule has 0 aliphatic carbocycles. The number of carboxylic acids is 2. The average Bonchev–Trinajstić information content (AvgIpc) is 2.33. The van der Waals surface area contributed by atoms with E-state index >= 15 is 0 Å². The zero-order valence-corrected chi connectivity index (χ0v) is 11.8. The molecule has 0 saturated carbocycles. The molecule has 108 valence electrons. The minimum absolute atomic E-state index is 0.552. The summed E-state index contributed by atoms with van der Waals surface area (Å²) in [5.41, 5.74) is 10.4. The van der Waals surface area contributed by atoms with E-state index in [1.165, 1.54) is 0 Å². The molecule has 0 aliphatic rings. The monoisotopic (exact) mass is 280 g/mol. The Morgan fingerprint density at radius 3 is 1.89 bits per heavy atom. The van der Waals surface area contributed by atoms with E-state index < -0.39 is 24.0 Å². The molecule has 6 nitrogen and oxygen atoms in total. The van der Waals surface area contributed by atoms with Crippen LogP contribution in [0.1, 0.15) is 32.6 Å². The Morgan fingerprint density at radius 1 is 1.11 bits per heavy atom. The average molecular weight is 280 g/mol. The minimum atomic E-state index is -0.913. The van der Waals surface area contributed by atoms with Gasteiger partial charge in [-0.2, -0.15) is 11.8 Å². The Hall–Kier alpha value is -0.790. The largest absolute Gasteiger partial charge is 0.480 e. The lowest BCUT2D eigenvalue weighted by atomic mass is 10.1. The van der Waals surface area contributed by atoms with Crippen LogP contribution in [0.3, 0.4) is 0 Å². The molecule has 0 saturated heterocycles. The predicted octanol–water partition coefficient (Wildman–Crippen LogP) is 0.740. The zero-order valence-electron chi connectivity index (χ0n) is 11.0. The summed E-state index contributed by atoms with van der Waals surface area (Å²) >= 11 is 1.60. The molecule has 0 spiro atoms. The SMILES string of the molecule is CCCC[C@H](N)C(=O)O.CSCC[C@H](N)C(=O)O. The second kappa shape index (κ2) is 12.7. The summed E-state index contributed by atoms with van der Waals surface area (Å²) in [6.45, 7) is 2.01. The Labute approximate surface area is 112 Å². The molecule has 0 bridgehead atoms. The summed E-state index contributed by atoms with van der Waals surface area (Å²) < 4.78 is 0. The molecule has 0 fully saturated rings. The number of nitrogens with two attached hydrogens (primary N) is 2. The summed E-state index contributed by atoms with van der Waals surface area (Å²) in [4.78, 5) is 20.2. The highest BCUT2D eigenvalue weighted by molar-refractivity contribution is 7.98. The molecule has 18 heavy (non-hydrogen) atoms. The van der Waals surface area contributed by atoms with Crippen molar-refractivity contribution in [1.82, 2.24) is 0 Å². The first-order valence-corrected chi connectivity index (χ1v) is 7.21. The first-order chi connectivity index (χ1) is 8.36. The normalized spacial score (nSPS) is 13.1. The van der Waals surface area contributed by atoms with Gasteiger partial charge in [0.15, 0.2) is 0 Å². The number of hydrogen-bond donors (Lipinski definition) is 4. The van der Waals surface area contributed by atoms with Crippen molar-refractivity contribution < 1.29 is 19.8 Å². The van der Waals surface area contributed by atoms with Crippen LogP contribution in [0.2, 0.25) is 0 Å². The van der Waals surface area contributed by atoms with Gasteiger partial charge in [0.2, 0.25) is 0 Å². The van der Waals surface area contributed by atoms with Gasteiger partial charge >= 0.3 is 11.9 Å². The molecule has 0 amide bonds. The van der Waals surface area contributed by atoms with E-state index in [1.807, 2.05) is 13.2 Å². The standard InChI is InChI=1S/C6H13NO2.C5H11NO2S/c1-2-3-4-5(7)6(8)9;1-9-3-2-4(6)5(7)8/h5H,2-4,7H2,1H3,(H,8,9);4H,2-3,6H2,1H3,(H,7,8)/t5-;4-/m00/s1. The van der Waals surface area contributed by atoms with Gasteiger partial charge in [0.25, 0.3) is 0 Å². The van der Waals surface area contributed by atoms with E-state index in [4.69, 9.17) is 21.7 Å². The van der Waals surface area contributed by atoms with Crippen LogP contribution in [0.15, 0.2) is 0 Å². The number of unbranched alkanes of at least 4 members (excludes halogenated alkanes) is 1. The first-order valence-electron chi connectivity index (χ1n) is 5.82. The Kier molecular flexibility index (Phi) is 13.7. The molecular weight excluding hydrogens is 256 g/mol. The summed E-state index contributed by atoms with van der Waals surface area (Å²) in [5.74, 6) is -1.000. The van der Waals surface area contributed by atoms with Gasteiger partial charge in [-0.05, 0) is 24.9 Å². The van der Waals surface area contributed by atoms with Crippen molar-refractivity contribution in [2.75, 3.05) is 12.0 Å². The molecule has 0 radical (unpaired) electrons. The third kappa shape index (κ3) is 13.3. The van der Waals surface area contributed by atoms with Crippen LogP contribution in [0.4, 0.5) is 0 Å². The van der Waals surface area contributed by atoms with E-state index in [1.54, 1.807) is 11.8 Å². The van der Waals surface area contributed by atoms with E-state index in [0.717, 1.165) is 18.6 Å². The molecule has 0 aliphatic heterocycles. The zero-order chi connectivity index (χ0) is 14.6. The first kappa shape index (κ1) is 19.5. The van der Waals surface area contributed by atoms with Gasteiger partial charge in [-0.25, -0.2) is 0 Å². The van der Waals surface area contributed by atoms with E-state index in [9.17, 15) is 9.59 Å². The third-order valence-electron chi connectivity index (χ3n) is 2.14. The van der Waals surface area contributed by atoms with Crippen LogP contribution in [0.25, 0.3) is 0 Å². The quantitative estimate of drug-likeness (QED) is 0.516. The fourth-order valence-corrected chi connectivity index (χ4v) is 1.41. The van der Waals surface area contributed by atoms with Gasteiger partial charge < -0.3 is 21.7 Å². The highest BCUT2D eigenvalue weighted by Crippen LogP contribution is 1.98. The minimum Gasteiger partial charge on any atom is -0.480 e. The summed E-state index contributed by atoms with van der Waals surface area (Å²) in [7, 11) is 0. The number of carbonyl (C=O) groups is 2. The van der Waals surface area contributed by atoms with Crippen LogP contribution >= 0.6 is 11.8 Å². The van der Waals surface area contributed by atoms with Gasteiger partial charge in [-0.1, -0.05) is 19.8 Å². The molecule has 0 aromatic heterocycles. The number of aliphatic carboxylic acids is 2. The molecule has 0 unspecified atom stereocenters. The molecule has 0 aromatic carbocycles. The Balaban J connectivity index is 0. The van der Waals surface area contributed by atoms with Crippen LogP contribution in [0, 0.1) is 0 Å². The van der Waals surface area contributed by atoms with Crippen LogP contribution in [0.5, 0.6) is 0 Å². The highest BCUT2D eigenvalue weighted by atomic mass is 32.2. The second-order valence-electron chi connectivity index (χ2n) is 3.81. The molecule has 6 N–H and O–H groups in total. The predicted molar refractivity (Wildman–Crippen MR) is 73.7 cm³/mol. The fourth-order valence-electron chi connectivity index (χ4n) is 0.916. The molecule has 2 atom stereocenters. The van der Waals surface area contributed by atoms with Crippen molar-refractivity contribution in [1.29, 1.82) is 0 Å². The van der Waals surface area contributed by atoms with Crippen LogP contribution < -0.4 is 11.5 Å². The smallest absolute Gasteiger partial charge is 0.320 e. The van der Waals surface area contributed by atoms with Gasteiger partial charge in [0.1, 0.15) is 12.1 Å². The fraction of sp³-hybridized carbons (Fsp3) is 0.818. The van der Waals surface area contributed by atoms with Crippen LogP contribution in [-0.2, 0) is 9.59 Å². The summed E-state index contributed by atoms with van der Waals surface area (Å²) in [6.07, 6.45) is 4.96. The van der Waals surface area contributed by atoms with E-state index in [0.29, 0.717) is 12.8 Å². The molecule has 0 rings (SSSR count). The number of rotatable bonds is 8. The van der Waals surface area contributed by atoms with Crippen molar-refractivity contribution >= 4 is 23.7 Å². The maximum absolute atomic E-state index is 10.1. The highest BCUT2D eigenvalue weighted by Gasteiger charge is 2.09. The molecular formula is C11H24N2O4S. The number of hydrogen-bond acceptors (Lipinski definition) is 5. The van der Waals surface area contributed by atoms with Crippen molar-refractivity contribution in [3.05, 3.63) is 0 Å². The second-order valence-corrected chi connectivity index (χ2v) is 4.80. The Bertz CT molecular complexity index is 215. The maximum atomic E-state index is 10.1. The van der Waals surface area contributed by atoms with Crippen molar-refractivity contribution in [3.63, 3.8) is 0 Å². The van der Waals surface area contributed by atoms with Crippen molar-refractivity contribution in [2.24, 2.45) is 11.5 Å². The summed E-state index contributed by atoms with van der Waals surface area (Å²) in [5, 5.41) is 16.6. The lowest BCUT2D eigenvalue weighted by Crippen LogP contribution is -2.30. The molecule has 0 heterocycles. The lowest BCUT2D eigenvalue weighted by Gasteiger charge is -2.02. The van der Waals surface area contributed by atoms with Gasteiger partial charge in [-0.3, -0.25) is 9.59 Å². The summed E-state index contributed by atoms with van der Waals surface area (Å²) in [6, 6.07) is -1.35. The van der Waals surface area contributed by atoms with Crippen molar-refractivity contribution in [2.45, 2.75) is 44.7 Å². The van der Waals surface area contributed by atoms with E-state index in [2.05, 4.69) is 0 Å². The Morgan fingerprint density at radius 2 is 1.56 bits per heavy atom. The molecule has 0 aromatic rings.